The lowest BCUT2D eigenvalue weighted by Gasteiger charge is -2.34. The fourth-order valence-electron chi connectivity index (χ4n) is 3.58. The zero-order valence-electron chi connectivity index (χ0n) is 12.6. The topological polar surface area (TPSA) is 26.7 Å². The van der Waals surface area contributed by atoms with Crippen LogP contribution in [0.3, 0.4) is 0 Å². The molecule has 1 N–H and O–H groups in total. The lowest BCUT2D eigenvalue weighted by molar-refractivity contribution is 0.148. The number of phenols is 1. The summed E-state index contributed by atoms with van der Waals surface area (Å²) in [5, 5.41) is 10.6. The maximum absolute atomic E-state index is 9.92. The summed E-state index contributed by atoms with van der Waals surface area (Å²) in [6, 6.07) is 5.31. The van der Waals surface area contributed by atoms with Gasteiger partial charge in [0.05, 0.1) is 0 Å². The molecule has 0 aromatic heterocycles. The molecule has 0 amide bonds. The van der Waals surface area contributed by atoms with Crippen molar-refractivity contribution in [1.82, 2.24) is 9.80 Å². The molecule has 0 unspecified atom stereocenters. The molecule has 1 aromatic carbocycles. The lowest BCUT2D eigenvalue weighted by atomic mass is 9.96. The van der Waals surface area contributed by atoms with Gasteiger partial charge in [-0.25, -0.2) is 0 Å². The summed E-state index contributed by atoms with van der Waals surface area (Å²) in [5.74, 6) is 1.21. The van der Waals surface area contributed by atoms with Crippen molar-refractivity contribution in [3.05, 3.63) is 28.8 Å². The largest absolute Gasteiger partial charge is 0.508 e. The number of aromatic hydroxyl groups is 1. The number of halogens is 1. The first-order chi connectivity index (χ1) is 10.2. The van der Waals surface area contributed by atoms with E-state index in [1.54, 1.807) is 12.1 Å². The Bertz CT molecular complexity index is 466. The molecule has 4 heteroatoms. The van der Waals surface area contributed by atoms with Gasteiger partial charge in [-0.05, 0) is 76.0 Å². The van der Waals surface area contributed by atoms with Gasteiger partial charge >= 0.3 is 0 Å². The molecule has 2 saturated heterocycles. The molecule has 116 valence electrons. The molecule has 2 aliphatic heterocycles. The first-order valence-electron chi connectivity index (χ1n) is 8.13. The zero-order valence-corrected chi connectivity index (χ0v) is 13.4. The van der Waals surface area contributed by atoms with Gasteiger partial charge in [0.15, 0.2) is 0 Å². The Morgan fingerprint density at radius 2 is 1.76 bits per heavy atom. The van der Waals surface area contributed by atoms with Crippen molar-refractivity contribution in [2.24, 2.45) is 5.92 Å². The van der Waals surface area contributed by atoms with E-state index in [2.05, 4.69) is 9.80 Å². The maximum Gasteiger partial charge on any atom is 0.120 e. The second-order valence-electron chi connectivity index (χ2n) is 6.50. The number of phenolic OH excluding ortho intramolecular Hbond substituents is 1. The summed E-state index contributed by atoms with van der Waals surface area (Å²) < 4.78 is 0. The minimum absolute atomic E-state index is 0.360. The highest BCUT2D eigenvalue weighted by Crippen LogP contribution is 2.26. The molecule has 2 fully saturated rings. The minimum Gasteiger partial charge on any atom is -0.508 e. The molecule has 0 saturated carbocycles. The van der Waals surface area contributed by atoms with Gasteiger partial charge in [0, 0.05) is 23.7 Å². The van der Waals surface area contributed by atoms with Crippen LogP contribution in [0.4, 0.5) is 0 Å². The van der Waals surface area contributed by atoms with Crippen molar-refractivity contribution in [1.29, 1.82) is 0 Å². The van der Waals surface area contributed by atoms with Crippen molar-refractivity contribution in [3.8, 4) is 5.75 Å². The predicted octanol–water partition coefficient (Wildman–Crippen LogP) is 3.35. The van der Waals surface area contributed by atoms with E-state index in [0.717, 1.165) is 31.1 Å². The summed E-state index contributed by atoms with van der Waals surface area (Å²) in [5.41, 5.74) is 0.945. The maximum atomic E-state index is 9.92. The van der Waals surface area contributed by atoms with Crippen molar-refractivity contribution >= 4 is 11.6 Å². The third-order valence-electron chi connectivity index (χ3n) is 4.86. The molecule has 3 rings (SSSR count). The molecular weight excluding hydrogens is 284 g/mol. The van der Waals surface area contributed by atoms with Gasteiger partial charge in [-0.1, -0.05) is 11.6 Å². The Labute approximate surface area is 132 Å². The molecule has 2 aliphatic rings. The molecule has 0 aliphatic carbocycles. The van der Waals surface area contributed by atoms with Crippen LogP contribution in [0.5, 0.6) is 5.75 Å². The quantitative estimate of drug-likeness (QED) is 0.924. The molecule has 0 bridgehead atoms. The fraction of sp³-hybridized carbons (Fsp3) is 0.647. The monoisotopic (exact) mass is 308 g/mol. The second-order valence-corrected chi connectivity index (χ2v) is 6.94. The summed E-state index contributed by atoms with van der Waals surface area (Å²) in [6.07, 6.45) is 5.31. The third kappa shape index (κ3) is 4.12. The van der Waals surface area contributed by atoms with Gasteiger partial charge in [-0.3, -0.25) is 4.90 Å². The molecule has 2 heterocycles. The first-order valence-corrected chi connectivity index (χ1v) is 8.50. The average Bonchev–Trinajstić information content (AvgIpc) is 2.98. The standard InChI is InChI=1S/C17H25ClN2O/c18-16-3-4-17(21)15(11-16)13-20-9-5-14(6-10-20)12-19-7-1-2-8-19/h3-4,11,14,21H,1-2,5-10,12-13H2. The normalized spacial score (nSPS) is 22.0. The van der Waals surface area contributed by atoms with Crippen LogP contribution in [0.1, 0.15) is 31.2 Å². The summed E-state index contributed by atoms with van der Waals surface area (Å²) in [6.45, 7) is 6.96. The Kier molecular flexibility index (Phi) is 5.04. The number of benzene rings is 1. The molecule has 0 spiro atoms. The van der Waals surface area contributed by atoms with E-state index in [-0.39, 0.29) is 0 Å². The third-order valence-corrected chi connectivity index (χ3v) is 5.09. The van der Waals surface area contributed by atoms with Crippen LogP contribution in [-0.2, 0) is 6.54 Å². The number of likely N-dealkylation sites (tertiary alicyclic amines) is 2. The average molecular weight is 309 g/mol. The van der Waals surface area contributed by atoms with Gasteiger partial charge in [-0.2, -0.15) is 0 Å². The van der Waals surface area contributed by atoms with Crippen molar-refractivity contribution in [2.45, 2.75) is 32.2 Å². The van der Waals surface area contributed by atoms with E-state index in [0.29, 0.717) is 10.8 Å². The van der Waals surface area contributed by atoms with E-state index in [9.17, 15) is 5.11 Å². The van der Waals surface area contributed by atoms with Gasteiger partial charge in [-0.15, -0.1) is 0 Å². The molecule has 0 radical (unpaired) electrons. The van der Waals surface area contributed by atoms with Gasteiger partial charge in [0.1, 0.15) is 5.75 Å². The van der Waals surface area contributed by atoms with E-state index in [1.807, 2.05) is 6.07 Å². The van der Waals surface area contributed by atoms with Gasteiger partial charge in [0.25, 0.3) is 0 Å². The van der Waals surface area contributed by atoms with Crippen LogP contribution < -0.4 is 0 Å². The minimum atomic E-state index is 0.360. The number of hydrogen-bond donors (Lipinski definition) is 1. The van der Waals surface area contributed by atoms with E-state index in [1.165, 1.54) is 45.3 Å². The van der Waals surface area contributed by atoms with E-state index < -0.39 is 0 Å². The fourth-order valence-corrected chi connectivity index (χ4v) is 3.77. The molecule has 21 heavy (non-hydrogen) atoms. The van der Waals surface area contributed by atoms with Crippen molar-refractivity contribution < 1.29 is 5.11 Å². The highest BCUT2D eigenvalue weighted by atomic mass is 35.5. The summed E-state index contributed by atoms with van der Waals surface area (Å²) >= 11 is 6.02. The van der Waals surface area contributed by atoms with Crippen LogP contribution in [0.25, 0.3) is 0 Å². The summed E-state index contributed by atoms with van der Waals surface area (Å²) in [4.78, 5) is 5.06. The van der Waals surface area contributed by atoms with Gasteiger partial charge in [0.2, 0.25) is 0 Å². The SMILES string of the molecule is Oc1ccc(Cl)cc1CN1CCC(CN2CCCC2)CC1. The van der Waals surface area contributed by atoms with Gasteiger partial charge < -0.3 is 10.0 Å². The van der Waals surface area contributed by atoms with Crippen molar-refractivity contribution in [3.63, 3.8) is 0 Å². The smallest absolute Gasteiger partial charge is 0.120 e. The number of piperidine rings is 1. The zero-order chi connectivity index (χ0) is 14.7. The second kappa shape index (κ2) is 6.99. The van der Waals surface area contributed by atoms with Crippen LogP contribution in [0.2, 0.25) is 5.02 Å². The number of rotatable bonds is 4. The predicted molar refractivity (Wildman–Crippen MR) is 86.8 cm³/mol. The van der Waals surface area contributed by atoms with Crippen LogP contribution in [0.15, 0.2) is 18.2 Å². The Balaban J connectivity index is 1.48. The molecule has 0 atom stereocenters. The lowest BCUT2D eigenvalue weighted by Crippen LogP contribution is -2.37. The number of hydrogen-bond acceptors (Lipinski definition) is 3. The van der Waals surface area contributed by atoms with E-state index in [4.69, 9.17) is 11.6 Å². The molecule has 3 nitrogen and oxygen atoms in total. The summed E-state index contributed by atoms with van der Waals surface area (Å²) in [7, 11) is 0. The first kappa shape index (κ1) is 15.1. The Morgan fingerprint density at radius 3 is 2.48 bits per heavy atom. The molecule has 1 aromatic rings. The highest BCUT2D eigenvalue weighted by Gasteiger charge is 2.23. The number of nitrogens with zero attached hydrogens (tertiary/aromatic N) is 2. The Hall–Kier alpha value is -0.770. The van der Waals surface area contributed by atoms with Crippen LogP contribution in [0, 0.1) is 5.92 Å². The van der Waals surface area contributed by atoms with Crippen LogP contribution >= 0.6 is 11.6 Å². The highest BCUT2D eigenvalue weighted by molar-refractivity contribution is 6.30. The molecular formula is C17H25ClN2O. The van der Waals surface area contributed by atoms with Crippen molar-refractivity contribution in [2.75, 3.05) is 32.7 Å². The van der Waals surface area contributed by atoms with E-state index >= 15 is 0 Å². The van der Waals surface area contributed by atoms with Crippen LogP contribution in [-0.4, -0.2) is 47.6 Å². The Morgan fingerprint density at radius 1 is 1.05 bits per heavy atom.